The van der Waals surface area contributed by atoms with Crippen molar-refractivity contribution in [1.29, 1.82) is 0 Å². The van der Waals surface area contributed by atoms with Gasteiger partial charge < -0.3 is 5.32 Å². The lowest BCUT2D eigenvalue weighted by atomic mass is 9.62. The lowest BCUT2D eigenvalue weighted by Crippen LogP contribution is -2.55. The van der Waals surface area contributed by atoms with Gasteiger partial charge in [0, 0.05) is 11.5 Å². The average Bonchev–Trinajstić information content (AvgIpc) is 2.43. The van der Waals surface area contributed by atoms with E-state index in [1.807, 2.05) is 0 Å². The SMILES string of the molecule is CCCNC(C(C)(C)C)C(CC)(CC)c1ccccc1. The Hall–Kier alpha value is -0.820. The van der Waals surface area contributed by atoms with Crippen LogP contribution in [-0.2, 0) is 5.41 Å². The van der Waals surface area contributed by atoms with E-state index in [1.54, 1.807) is 0 Å². The molecular weight excluding hydrogens is 242 g/mol. The molecule has 1 aromatic rings. The number of hydrogen-bond acceptors (Lipinski definition) is 1. The zero-order valence-corrected chi connectivity index (χ0v) is 14.3. The molecule has 20 heavy (non-hydrogen) atoms. The molecule has 0 bridgehead atoms. The Morgan fingerprint density at radius 1 is 0.950 bits per heavy atom. The van der Waals surface area contributed by atoms with E-state index in [4.69, 9.17) is 0 Å². The van der Waals surface area contributed by atoms with Crippen LogP contribution in [0.2, 0.25) is 0 Å². The molecule has 0 aromatic heterocycles. The summed E-state index contributed by atoms with van der Waals surface area (Å²) in [6.45, 7) is 15.1. The highest BCUT2D eigenvalue weighted by molar-refractivity contribution is 5.28. The minimum absolute atomic E-state index is 0.217. The van der Waals surface area contributed by atoms with Gasteiger partial charge in [0.25, 0.3) is 0 Å². The maximum absolute atomic E-state index is 3.85. The Bertz CT molecular complexity index is 371. The molecule has 0 spiro atoms. The molecule has 0 fully saturated rings. The van der Waals surface area contributed by atoms with Gasteiger partial charge in [-0.15, -0.1) is 0 Å². The van der Waals surface area contributed by atoms with Crippen molar-refractivity contribution in [3.63, 3.8) is 0 Å². The molecule has 0 aliphatic rings. The van der Waals surface area contributed by atoms with E-state index in [0.717, 1.165) is 6.54 Å². The summed E-state index contributed by atoms with van der Waals surface area (Å²) in [5.41, 5.74) is 1.94. The van der Waals surface area contributed by atoms with Gasteiger partial charge >= 0.3 is 0 Å². The third kappa shape index (κ3) is 3.63. The van der Waals surface area contributed by atoms with E-state index in [9.17, 15) is 0 Å². The van der Waals surface area contributed by atoms with Crippen LogP contribution in [0.15, 0.2) is 30.3 Å². The van der Waals surface area contributed by atoms with Crippen LogP contribution in [0.25, 0.3) is 0 Å². The van der Waals surface area contributed by atoms with Gasteiger partial charge in [0.2, 0.25) is 0 Å². The molecule has 1 rings (SSSR count). The fraction of sp³-hybridized carbons (Fsp3) is 0.684. The van der Waals surface area contributed by atoms with E-state index < -0.39 is 0 Å². The molecule has 1 heteroatoms. The molecule has 0 saturated carbocycles. The predicted octanol–water partition coefficient (Wildman–Crippen LogP) is 5.16. The minimum atomic E-state index is 0.217. The molecule has 0 aliphatic carbocycles. The second-order valence-corrected chi connectivity index (χ2v) is 6.98. The van der Waals surface area contributed by atoms with Crippen LogP contribution in [0.4, 0.5) is 0 Å². The van der Waals surface area contributed by atoms with Gasteiger partial charge in [-0.3, -0.25) is 0 Å². The van der Waals surface area contributed by atoms with Crippen molar-refractivity contribution >= 4 is 0 Å². The number of hydrogen-bond donors (Lipinski definition) is 1. The number of nitrogens with one attached hydrogen (secondary N) is 1. The molecule has 1 aromatic carbocycles. The van der Waals surface area contributed by atoms with Gasteiger partial charge in [-0.1, -0.05) is 71.9 Å². The van der Waals surface area contributed by atoms with E-state index in [-0.39, 0.29) is 10.8 Å². The van der Waals surface area contributed by atoms with Crippen LogP contribution in [-0.4, -0.2) is 12.6 Å². The average molecular weight is 275 g/mol. The van der Waals surface area contributed by atoms with Crippen LogP contribution >= 0.6 is 0 Å². The lowest BCUT2D eigenvalue weighted by Gasteiger charge is -2.47. The Labute approximate surface area is 126 Å². The Kier molecular flexibility index (Phi) is 6.26. The van der Waals surface area contributed by atoms with Crippen molar-refractivity contribution in [3.8, 4) is 0 Å². The molecule has 0 heterocycles. The summed E-state index contributed by atoms with van der Waals surface area (Å²) in [7, 11) is 0. The Morgan fingerprint density at radius 2 is 1.50 bits per heavy atom. The van der Waals surface area contributed by atoms with Gasteiger partial charge in [0.1, 0.15) is 0 Å². The predicted molar refractivity (Wildman–Crippen MR) is 90.2 cm³/mol. The first-order valence-corrected chi connectivity index (χ1v) is 8.21. The van der Waals surface area contributed by atoms with Gasteiger partial charge in [-0.25, -0.2) is 0 Å². The van der Waals surface area contributed by atoms with Crippen LogP contribution in [0.5, 0.6) is 0 Å². The van der Waals surface area contributed by atoms with Crippen molar-refractivity contribution in [3.05, 3.63) is 35.9 Å². The quantitative estimate of drug-likeness (QED) is 0.725. The van der Waals surface area contributed by atoms with Crippen LogP contribution in [0, 0.1) is 5.41 Å². The normalized spacial score (nSPS) is 14.3. The second-order valence-electron chi connectivity index (χ2n) is 6.98. The maximum atomic E-state index is 3.85. The van der Waals surface area contributed by atoms with Crippen molar-refractivity contribution in [1.82, 2.24) is 5.32 Å². The largest absolute Gasteiger partial charge is 0.313 e. The monoisotopic (exact) mass is 275 g/mol. The molecule has 0 amide bonds. The van der Waals surface area contributed by atoms with Crippen molar-refractivity contribution < 1.29 is 0 Å². The summed E-state index contributed by atoms with van der Waals surface area (Å²) >= 11 is 0. The van der Waals surface area contributed by atoms with Crippen molar-refractivity contribution in [2.24, 2.45) is 5.41 Å². The van der Waals surface area contributed by atoms with E-state index >= 15 is 0 Å². The fourth-order valence-electron chi connectivity index (χ4n) is 3.62. The van der Waals surface area contributed by atoms with Gasteiger partial charge in [0.05, 0.1) is 0 Å². The summed E-state index contributed by atoms with van der Waals surface area (Å²) in [6.07, 6.45) is 3.53. The molecule has 0 aliphatic heterocycles. The van der Waals surface area contributed by atoms with E-state index in [2.05, 4.69) is 77.2 Å². The molecule has 1 unspecified atom stereocenters. The minimum Gasteiger partial charge on any atom is -0.313 e. The zero-order valence-electron chi connectivity index (χ0n) is 14.3. The van der Waals surface area contributed by atoms with Crippen LogP contribution in [0.3, 0.4) is 0 Å². The Morgan fingerprint density at radius 3 is 1.90 bits per heavy atom. The highest BCUT2D eigenvalue weighted by Gasteiger charge is 2.43. The third-order valence-electron chi connectivity index (χ3n) is 4.63. The highest BCUT2D eigenvalue weighted by atomic mass is 14.9. The molecular formula is C19H33N. The Balaban J connectivity index is 3.26. The van der Waals surface area contributed by atoms with Crippen LogP contribution in [0.1, 0.15) is 66.4 Å². The standard InChI is InChI=1S/C19H33N/c1-7-15-20-17(18(4,5)6)19(8-2,9-3)16-13-11-10-12-14-16/h10-14,17,20H,7-9,15H2,1-6H3. The van der Waals surface area contributed by atoms with Gasteiger partial charge in [-0.2, -0.15) is 0 Å². The smallest absolute Gasteiger partial charge is 0.0212 e. The maximum Gasteiger partial charge on any atom is 0.0212 e. The zero-order chi connectivity index (χ0) is 15.2. The number of benzene rings is 1. The summed E-state index contributed by atoms with van der Waals surface area (Å²) < 4.78 is 0. The second kappa shape index (κ2) is 7.26. The molecule has 114 valence electrons. The molecule has 0 saturated heterocycles. The fourth-order valence-corrected chi connectivity index (χ4v) is 3.62. The summed E-state index contributed by atoms with van der Waals surface area (Å²) in [5.74, 6) is 0. The first-order chi connectivity index (χ1) is 9.42. The molecule has 1 atom stereocenters. The summed E-state index contributed by atoms with van der Waals surface area (Å²) in [4.78, 5) is 0. The van der Waals surface area contributed by atoms with Crippen molar-refractivity contribution in [2.45, 2.75) is 72.3 Å². The lowest BCUT2D eigenvalue weighted by molar-refractivity contribution is 0.148. The number of rotatable bonds is 7. The van der Waals surface area contributed by atoms with Crippen LogP contribution < -0.4 is 5.32 Å². The molecule has 0 radical (unpaired) electrons. The highest BCUT2D eigenvalue weighted by Crippen LogP contribution is 2.42. The van der Waals surface area contributed by atoms with E-state index in [1.165, 1.54) is 24.8 Å². The van der Waals surface area contributed by atoms with Gasteiger partial charge in [-0.05, 0) is 36.8 Å². The summed E-state index contributed by atoms with van der Waals surface area (Å²) in [5, 5.41) is 3.85. The van der Waals surface area contributed by atoms with Gasteiger partial charge in [0.15, 0.2) is 0 Å². The molecule has 1 nitrogen and oxygen atoms in total. The molecule has 1 N–H and O–H groups in total. The topological polar surface area (TPSA) is 12.0 Å². The van der Waals surface area contributed by atoms with E-state index in [0.29, 0.717) is 6.04 Å². The third-order valence-corrected chi connectivity index (χ3v) is 4.63. The first kappa shape index (κ1) is 17.2. The van der Waals surface area contributed by atoms with Crippen molar-refractivity contribution in [2.75, 3.05) is 6.54 Å². The first-order valence-electron chi connectivity index (χ1n) is 8.21. The summed E-state index contributed by atoms with van der Waals surface area (Å²) in [6, 6.07) is 11.6.